The summed E-state index contributed by atoms with van der Waals surface area (Å²) in [5, 5.41) is 14.8. The number of nitrogens with zero attached hydrogens (tertiary/aromatic N) is 3. The van der Waals surface area contributed by atoms with Crippen LogP contribution < -0.4 is 15.4 Å². The number of thioether (sulfide) groups is 1. The van der Waals surface area contributed by atoms with Gasteiger partial charge in [0.1, 0.15) is 11.6 Å². The zero-order chi connectivity index (χ0) is 29.2. The molecule has 4 aromatic rings. The summed E-state index contributed by atoms with van der Waals surface area (Å²) in [5.41, 5.74) is 1.44. The van der Waals surface area contributed by atoms with Crippen LogP contribution in [0.3, 0.4) is 0 Å². The number of nitrogens with one attached hydrogen (secondary N) is 2. The van der Waals surface area contributed by atoms with Crippen LogP contribution in [0.5, 0.6) is 5.75 Å². The van der Waals surface area contributed by atoms with E-state index in [4.69, 9.17) is 21.1 Å². The van der Waals surface area contributed by atoms with Crippen LogP contribution in [0.15, 0.2) is 78.0 Å². The van der Waals surface area contributed by atoms with Gasteiger partial charge in [-0.2, -0.15) is 0 Å². The van der Waals surface area contributed by atoms with Gasteiger partial charge in [0.15, 0.2) is 17.6 Å². The average molecular weight is 598 g/mol. The molecular weight excluding hydrogens is 573 g/mol. The third-order valence-electron chi connectivity index (χ3n) is 5.42. The third kappa shape index (κ3) is 8.53. The van der Waals surface area contributed by atoms with Crippen molar-refractivity contribution in [1.29, 1.82) is 0 Å². The number of rotatable bonds is 12. The molecule has 0 saturated heterocycles. The first kappa shape index (κ1) is 29.6. The van der Waals surface area contributed by atoms with E-state index >= 15 is 0 Å². The minimum Gasteiger partial charge on any atom is -0.484 e. The van der Waals surface area contributed by atoms with E-state index < -0.39 is 17.7 Å². The molecule has 0 fully saturated rings. The van der Waals surface area contributed by atoms with Gasteiger partial charge in [-0.1, -0.05) is 23.4 Å². The second kappa shape index (κ2) is 14.3. The maximum atomic E-state index is 13.6. The van der Waals surface area contributed by atoms with Crippen LogP contribution in [0.25, 0.3) is 5.69 Å². The standard InChI is InChI=1S/C28H25ClFN5O5S/c1-2-39-27(38)18-3-9-21(10-4-18)32-26(37)17-41-28-34-33-24(35(28)22-11-7-20(30)8-12-22)15-31-25(36)16-40-23-13-5-19(29)6-14-23/h3-14H,2,15-17H2,1H3,(H,31,36)(H,32,37). The van der Waals surface area contributed by atoms with Crippen molar-refractivity contribution < 1.29 is 28.2 Å². The molecule has 0 bridgehead atoms. The summed E-state index contributed by atoms with van der Waals surface area (Å²) >= 11 is 6.97. The number of ether oxygens (including phenoxy) is 2. The SMILES string of the molecule is CCOC(=O)c1ccc(NC(=O)CSc2nnc(CNC(=O)COc3ccc(Cl)cc3)n2-c2ccc(F)cc2)cc1. The van der Waals surface area contributed by atoms with E-state index in [1.165, 1.54) is 12.1 Å². The fourth-order valence-corrected chi connectivity index (χ4v) is 4.39. The second-order valence-electron chi connectivity index (χ2n) is 8.36. The fourth-order valence-electron chi connectivity index (χ4n) is 3.50. The van der Waals surface area contributed by atoms with Crippen molar-refractivity contribution in [3.8, 4) is 11.4 Å². The predicted octanol–water partition coefficient (Wildman–Crippen LogP) is 4.66. The van der Waals surface area contributed by atoms with Crippen molar-refractivity contribution >= 4 is 46.8 Å². The van der Waals surface area contributed by atoms with Gasteiger partial charge in [-0.15, -0.1) is 10.2 Å². The van der Waals surface area contributed by atoms with Crippen LogP contribution in [-0.2, 0) is 20.9 Å². The van der Waals surface area contributed by atoms with Crippen LogP contribution >= 0.6 is 23.4 Å². The molecule has 13 heteroatoms. The summed E-state index contributed by atoms with van der Waals surface area (Å²) in [4.78, 5) is 36.8. The fraction of sp³-hybridized carbons (Fsp3) is 0.179. The first-order chi connectivity index (χ1) is 19.8. The lowest BCUT2D eigenvalue weighted by atomic mass is 10.2. The van der Waals surface area contributed by atoms with E-state index in [1.807, 2.05) is 0 Å². The maximum Gasteiger partial charge on any atom is 0.338 e. The Hall–Kier alpha value is -4.42. The Balaban J connectivity index is 1.38. The minimum absolute atomic E-state index is 0.00670. The molecule has 0 saturated carbocycles. The maximum absolute atomic E-state index is 13.6. The molecule has 4 rings (SSSR count). The average Bonchev–Trinajstić information content (AvgIpc) is 3.38. The lowest BCUT2D eigenvalue weighted by Crippen LogP contribution is -2.29. The van der Waals surface area contributed by atoms with Gasteiger partial charge in [-0.25, -0.2) is 9.18 Å². The van der Waals surface area contributed by atoms with Crippen molar-refractivity contribution in [2.45, 2.75) is 18.6 Å². The highest BCUT2D eigenvalue weighted by molar-refractivity contribution is 7.99. The molecule has 0 aliphatic carbocycles. The molecule has 41 heavy (non-hydrogen) atoms. The molecule has 0 aliphatic rings. The number of anilines is 1. The molecule has 10 nitrogen and oxygen atoms in total. The highest BCUT2D eigenvalue weighted by atomic mass is 35.5. The predicted molar refractivity (Wildman–Crippen MR) is 152 cm³/mol. The Morgan fingerprint density at radius 1 is 0.951 bits per heavy atom. The van der Waals surface area contributed by atoms with E-state index in [1.54, 1.807) is 72.2 Å². The van der Waals surface area contributed by atoms with Gasteiger partial charge in [0.2, 0.25) is 5.91 Å². The smallest absolute Gasteiger partial charge is 0.338 e. The number of hydrogen-bond acceptors (Lipinski definition) is 8. The number of carbonyl (C=O) groups is 3. The molecule has 2 amide bonds. The first-order valence-electron chi connectivity index (χ1n) is 12.4. The molecule has 0 spiro atoms. The Kier molecular flexibility index (Phi) is 10.3. The number of aromatic nitrogens is 3. The highest BCUT2D eigenvalue weighted by Gasteiger charge is 2.17. The lowest BCUT2D eigenvalue weighted by Gasteiger charge is -2.12. The summed E-state index contributed by atoms with van der Waals surface area (Å²) < 4.78 is 25.6. The van der Waals surface area contributed by atoms with Crippen LogP contribution in [0.4, 0.5) is 10.1 Å². The molecule has 3 aromatic carbocycles. The monoisotopic (exact) mass is 597 g/mol. The first-order valence-corrected chi connectivity index (χ1v) is 13.7. The quantitative estimate of drug-likeness (QED) is 0.178. The van der Waals surface area contributed by atoms with E-state index in [9.17, 15) is 18.8 Å². The zero-order valence-corrected chi connectivity index (χ0v) is 23.4. The van der Waals surface area contributed by atoms with Crippen molar-refractivity contribution in [1.82, 2.24) is 20.1 Å². The molecule has 0 radical (unpaired) electrons. The lowest BCUT2D eigenvalue weighted by molar-refractivity contribution is -0.123. The van der Waals surface area contributed by atoms with Crippen LogP contribution in [0, 0.1) is 5.82 Å². The van der Waals surface area contributed by atoms with Gasteiger partial charge in [0.25, 0.3) is 5.91 Å². The van der Waals surface area contributed by atoms with Crippen molar-refractivity contribution in [3.05, 3.63) is 95.0 Å². The van der Waals surface area contributed by atoms with Crippen LogP contribution in [0.1, 0.15) is 23.1 Å². The largest absolute Gasteiger partial charge is 0.484 e. The topological polar surface area (TPSA) is 124 Å². The molecule has 0 aliphatic heterocycles. The van der Waals surface area contributed by atoms with Gasteiger partial charge >= 0.3 is 5.97 Å². The van der Waals surface area contributed by atoms with Crippen LogP contribution in [0.2, 0.25) is 5.02 Å². The number of hydrogen-bond donors (Lipinski definition) is 2. The van der Waals surface area contributed by atoms with Gasteiger partial charge in [0.05, 0.1) is 24.5 Å². The minimum atomic E-state index is -0.442. The molecule has 0 atom stereocenters. The summed E-state index contributed by atoms with van der Waals surface area (Å²) in [7, 11) is 0. The van der Waals surface area contributed by atoms with Crippen LogP contribution in [-0.4, -0.2) is 51.5 Å². The summed E-state index contributed by atoms with van der Waals surface area (Å²) in [5.74, 6) is -0.723. The Labute approximate surface area is 244 Å². The molecular formula is C28H25ClFN5O5S. The highest BCUT2D eigenvalue weighted by Crippen LogP contribution is 2.23. The summed E-state index contributed by atoms with van der Waals surface area (Å²) in [6.07, 6.45) is 0. The molecule has 212 valence electrons. The molecule has 0 unspecified atom stereocenters. The summed E-state index contributed by atoms with van der Waals surface area (Å²) in [6.45, 7) is 1.77. The number of carbonyl (C=O) groups excluding carboxylic acids is 3. The number of benzene rings is 3. The van der Waals surface area contributed by atoms with Gasteiger partial charge in [0, 0.05) is 16.4 Å². The zero-order valence-electron chi connectivity index (χ0n) is 21.8. The van der Waals surface area contributed by atoms with E-state index in [0.717, 1.165) is 11.8 Å². The van der Waals surface area contributed by atoms with E-state index in [2.05, 4.69) is 20.8 Å². The Morgan fingerprint density at radius 2 is 1.66 bits per heavy atom. The summed E-state index contributed by atoms with van der Waals surface area (Å²) in [6, 6.07) is 18.6. The molecule has 1 heterocycles. The number of halogens is 2. The van der Waals surface area contributed by atoms with Gasteiger partial charge < -0.3 is 20.1 Å². The van der Waals surface area contributed by atoms with Gasteiger partial charge in [-0.05, 0) is 79.7 Å². The van der Waals surface area contributed by atoms with Crippen molar-refractivity contribution in [2.75, 3.05) is 24.3 Å². The molecule has 1 aromatic heterocycles. The third-order valence-corrected chi connectivity index (χ3v) is 6.61. The normalized spacial score (nSPS) is 10.6. The van der Waals surface area contributed by atoms with Crippen molar-refractivity contribution in [2.24, 2.45) is 0 Å². The Bertz CT molecular complexity index is 1500. The molecule has 2 N–H and O–H groups in total. The van der Waals surface area contributed by atoms with E-state index in [0.29, 0.717) is 38.7 Å². The number of amides is 2. The second-order valence-corrected chi connectivity index (χ2v) is 9.74. The number of esters is 1. The van der Waals surface area contributed by atoms with Crippen molar-refractivity contribution in [3.63, 3.8) is 0 Å². The van der Waals surface area contributed by atoms with E-state index in [-0.39, 0.29) is 31.4 Å². The Morgan fingerprint density at radius 3 is 2.34 bits per heavy atom. The van der Waals surface area contributed by atoms with Gasteiger partial charge in [-0.3, -0.25) is 14.2 Å².